The molecule has 0 unspecified atom stereocenters. The van der Waals surface area contributed by atoms with Crippen molar-refractivity contribution in [3.63, 3.8) is 0 Å². The summed E-state index contributed by atoms with van der Waals surface area (Å²) in [5, 5.41) is 12.1. The standard InChI is InChI=1S/C12H12N2O3S/c1-7-8(2)18-12(9(7)6-13)14-10(15)4-5-11(16)17-3/h4-5H,1-3H3,(H,14,15)/b5-4-. The number of hydrogen-bond acceptors (Lipinski definition) is 5. The third kappa shape index (κ3) is 3.18. The Kier molecular flexibility index (Phi) is 4.63. The van der Waals surface area contributed by atoms with Crippen LogP contribution in [0.1, 0.15) is 16.0 Å². The molecule has 0 radical (unpaired) electrons. The van der Waals surface area contributed by atoms with Gasteiger partial charge < -0.3 is 10.1 Å². The average molecular weight is 264 g/mol. The van der Waals surface area contributed by atoms with E-state index in [1.54, 1.807) is 0 Å². The first-order chi connectivity index (χ1) is 8.49. The Morgan fingerprint density at radius 2 is 2.06 bits per heavy atom. The number of thiophene rings is 1. The molecule has 0 aliphatic heterocycles. The molecule has 0 saturated carbocycles. The van der Waals surface area contributed by atoms with Crippen molar-refractivity contribution in [3.8, 4) is 6.07 Å². The highest BCUT2D eigenvalue weighted by atomic mass is 32.1. The lowest BCUT2D eigenvalue weighted by Crippen LogP contribution is -2.08. The molecule has 1 amide bonds. The minimum absolute atomic E-state index is 0.456. The topological polar surface area (TPSA) is 79.2 Å². The number of rotatable bonds is 3. The van der Waals surface area contributed by atoms with Crippen molar-refractivity contribution >= 4 is 28.2 Å². The summed E-state index contributed by atoms with van der Waals surface area (Å²) in [5.74, 6) is -1.08. The number of nitriles is 1. The summed E-state index contributed by atoms with van der Waals surface area (Å²) < 4.78 is 4.36. The lowest BCUT2D eigenvalue weighted by Gasteiger charge is -1.98. The summed E-state index contributed by atoms with van der Waals surface area (Å²) in [6.07, 6.45) is 2.09. The zero-order valence-corrected chi connectivity index (χ0v) is 11.1. The molecular formula is C12H12N2O3S. The Morgan fingerprint density at radius 1 is 1.39 bits per heavy atom. The quantitative estimate of drug-likeness (QED) is 0.668. The number of hydrogen-bond donors (Lipinski definition) is 1. The van der Waals surface area contributed by atoms with Gasteiger partial charge >= 0.3 is 5.97 Å². The van der Waals surface area contributed by atoms with Crippen molar-refractivity contribution < 1.29 is 14.3 Å². The summed E-state index contributed by atoms with van der Waals surface area (Å²) >= 11 is 1.33. The number of methoxy groups -OCH3 is 1. The summed E-state index contributed by atoms with van der Waals surface area (Å²) in [6.45, 7) is 3.70. The lowest BCUT2D eigenvalue weighted by atomic mass is 10.2. The number of carbonyl (C=O) groups excluding carboxylic acids is 2. The van der Waals surface area contributed by atoms with Gasteiger partial charge in [0.25, 0.3) is 0 Å². The van der Waals surface area contributed by atoms with Gasteiger partial charge in [-0.15, -0.1) is 11.3 Å². The molecule has 0 aliphatic carbocycles. The van der Waals surface area contributed by atoms with Gasteiger partial charge in [-0.2, -0.15) is 5.26 Å². The Hall–Kier alpha value is -2.13. The van der Waals surface area contributed by atoms with E-state index in [-0.39, 0.29) is 0 Å². The van der Waals surface area contributed by atoms with E-state index in [0.29, 0.717) is 10.6 Å². The van der Waals surface area contributed by atoms with Crippen molar-refractivity contribution in [3.05, 3.63) is 28.2 Å². The van der Waals surface area contributed by atoms with Crippen LogP contribution in [0.25, 0.3) is 0 Å². The smallest absolute Gasteiger partial charge is 0.330 e. The Balaban J connectivity index is 2.83. The highest BCUT2D eigenvalue weighted by molar-refractivity contribution is 7.16. The fourth-order valence-electron chi connectivity index (χ4n) is 1.21. The average Bonchev–Trinajstić information content (AvgIpc) is 2.61. The molecule has 1 heterocycles. The van der Waals surface area contributed by atoms with E-state index in [2.05, 4.69) is 10.1 Å². The van der Waals surface area contributed by atoms with Crippen LogP contribution in [0.5, 0.6) is 0 Å². The van der Waals surface area contributed by atoms with Gasteiger partial charge in [-0.05, 0) is 19.4 Å². The van der Waals surface area contributed by atoms with Gasteiger partial charge in [-0.25, -0.2) is 4.79 Å². The van der Waals surface area contributed by atoms with E-state index in [4.69, 9.17) is 5.26 Å². The summed E-state index contributed by atoms with van der Waals surface area (Å²) in [6, 6.07) is 2.05. The van der Waals surface area contributed by atoms with Gasteiger partial charge in [-0.1, -0.05) is 0 Å². The van der Waals surface area contributed by atoms with Crippen molar-refractivity contribution in [2.45, 2.75) is 13.8 Å². The number of aryl methyl sites for hydroxylation is 1. The summed E-state index contributed by atoms with van der Waals surface area (Å²) in [5.41, 5.74) is 1.31. The Labute approximate surface area is 109 Å². The molecule has 1 rings (SSSR count). The maximum absolute atomic E-state index is 11.5. The van der Waals surface area contributed by atoms with Crippen LogP contribution >= 0.6 is 11.3 Å². The van der Waals surface area contributed by atoms with Crippen molar-refractivity contribution in [2.75, 3.05) is 12.4 Å². The third-order valence-electron chi connectivity index (χ3n) is 2.31. The fourth-order valence-corrected chi connectivity index (χ4v) is 2.23. The molecule has 94 valence electrons. The molecular weight excluding hydrogens is 252 g/mol. The molecule has 0 spiro atoms. The van der Waals surface area contributed by atoms with Crippen LogP contribution < -0.4 is 5.32 Å². The first-order valence-corrected chi connectivity index (χ1v) is 5.88. The maximum Gasteiger partial charge on any atom is 0.330 e. The molecule has 0 fully saturated rings. The maximum atomic E-state index is 11.5. The van der Waals surface area contributed by atoms with Crippen molar-refractivity contribution in [2.24, 2.45) is 0 Å². The fraction of sp³-hybridized carbons (Fsp3) is 0.250. The minimum Gasteiger partial charge on any atom is -0.466 e. The SMILES string of the molecule is COC(=O)/C=C\C(=O)Nc1sc(C)c(C)c1C#N. The molecule has 0 saturated heterocycles. The number of nitrogens with one attached hydrogen (secondary N) is 1. The van der Waals surface area contributed by atoms with Crippen LogP contribution in [0.4, 0.5) is 5.00 Å². The predicted molar refractivity (Wildman–Crippen MR) is 68.3 cm³/mol. The number of nitrogens with zero attached hydrogens (tertiary/aromatic N) is 1. The number of amides is 1. The molecule has 5 nitrogen and oxygen atoms in total. The second-order valence-electron chi connectivity index (χ2n) is 3.44. The van der Waals surface area contributed by atoms with Crippen molar-refractivity contribution in [1.82, 2.24) is 0 Å². The van der Waals surface area contributed by atoms with Gasteiger partial charge in [0.15, 0.2) is 0 Å². The molecule has 1 aromatic heterocycles. The molecule has 0 aromatic carbocycles. The van der Waals surface area contributed by atoms with Crippen LogP contribution in [-0.2, 0) is 14.3 Å². The van der Waals surface area contributed by atoms with Crippen LogP contribution in [-0.4, -0.2) is 19.0 Å². The van der Waals surface area contributed by atoms with Crippen LogP contribution in [0, 0.1) is 25.2 Å². The number of ether oxygens (including phenoxy) is 1. The number of esters is 1. The molecule has 0 bridgehead atoms. The Morgan fingerprint density at radius 3 is 2.61 bits per heavy atom. The molecule has 6 heteroatoms. The largest absolute Gasteiger partial charge is 0.466 e. The van der Waals surface area contributed by atoms with Gasteiger partial charge in [0.05, 0.1) is 12.7 Å². The minimum atomic E-state index is -0.607. The van der Waals surface area contributed by atoms with Gasteiger partial charge in [0, 0.05) is 17.0 Å². The van der Waals surface area contributed by atoms with Gasteiger partial charge in [0.2, 0.25) is 5.91 Å². The second kappa shape index (κ2) is 5.98. The normalized spacial score (nSPS) is 10.1. The molecule has 1 aromatic rings. The molecule has 0 atom stereocenters. The second-order valence-corrected chi connectivity index (χ2v) is 4.67. The lowest BCUT2D eigenvalue weighted by molar-refractivity contribution is -0.135. The third-order valence-corrected chi connectivity index (χ3v) is 3.43. The summed E-state index contributed by atoms with van der Waals surface area (Å²) in [7, 11) is 1.23. The molecule has 18 heavy (non-hydrogen) atoms. The van der Waals surface area contributed by atoms with E-state index in [0.717, 1.165) is 22.6 Å². The van der Waals surface area contributed by atoms with Gasteiger partial charge in [0.1, 0.15) is 11.1 Å². The number of anilines is 1. The molecule has 1 N–H and O–H groups in total. The van der Waals surface area contributed by atoms with E-state index < -0.39 is 11.9 Å². The van der Waals surface area contributed by atoms with E-state index in [1.165, 1.54) is 18.4 Å². The first kappa shape index (κ1) is 13.9. The van der Waals surface area contributed by atoms with Crippen LogP contribution in [0.3, 0.4) is 0 Å². The highest BCUT2D eigenvalue weighted by Gasteiger charge is 2.13. The zero-order valence-electron chi connectivity index (χ0n) is 10.2. The van der Waals surface area contributed by atoms with Crippen LogP contribution in [0.2, 0.25) is 0 Å². The number of carbonyl (C=O) groups is 2. The monoisotopic (exact) mass is 264 g/mol. The molecule has 0 aliphatic rings. The van der Waals surface area contributed by atoms with Gasteiger partial charge in [-0.3, -0.25) is 4.79 Å². The first-order valence-electron chi connectivity index (χ1n) is 5.06. The van der Waals surface area contributed by atoms with Crippen LogP contribution in [0.15, 0.2) is 12.2 Å². The summed E-state index contributed by atoms with van der Waals surface area (Å²) in [4.78, 5) is 23.3. The predicted octanol–water partition coefficient (Wildman–Crippen LogP) is 1.90. The van der Waals surface area contributed by atoms with E-state index in [9.17, 15) is 9.59 Å². The van der Waals surface area contributed by atoms with Crippen molar-refractivity contribution in [1.29, 1.82) is 5.26 Å². The highest BCUT2D eigenvalue weighted by Crippen LogP contribution is 2.31. The van der Waals surface area contributed by atoms with E-state index in [1.807, 2.05) is 19.9 Å². The van der Waals surface area contributed by atoms with E-state index >= 15 is 0 Å². The Bertz CT molecular complexity index is 552. The zero-order chi connectivity index (χ0) is 13.7.